The zero-order valence-corrected chi connectivity index (χ0v) is 10.8. The van der Waals surface area contributed by atoms with Gasteiger partial charge in [0.05, 0.1) is 16.9 Å². The number of anilines is 1. The second-order valence-electron chi connectivity index (χ2n) is 4.35. The summed E-state index contributed by atoms with van der Waals surface area (Å²) in [7, 11) is 0. The molecule has 21 heavy (non-hydrogen) atoms. The van der Waals surface area contributed by atoms with Crippen LogP contribution in [0.2, 0.25) is 0 Å². The Balaban J connectivity index is 1.89. The topological polar surface area (TPSA) is 50.9 Å². The Kier molecular flexibility index (Phi) is 3.08. The summed E-state index contributed by atoms with van der Waals surface area (Å²) >= 11 is 0. The van der Waals surface area contributed by atoms with Gasteiger partial charge < -0.3 is 9.26 Å². The zero-order chi connectivity index (χ0) is 15.0. The van der Waals surface area contributed by atoms with Crippen LogP contribution in [0.3, 0.4) is 0 Å². The molecule has 109 valence electrons. The number of hydrazone groups is 1. The van der Waals surface area contributed by atoms with E-state index in [1.54, 1.807) is 6.92 Å². The van der Waals surface area contributed by atoms with Crippen molar-refractivity contribution in [3.63, 3.8) is 0 Å². The first kappa shape index (κ1) is 13.5. The summed E-state index contributed by atoms with van der Waals surface area (Å²) in [5.41, 5.74) is 0.558. The minimum Gasteiger partial charge on any atom is -0.453 e. The third kappa shape index (κ3) is 2.56. The van der Waals surface area contributed by atoms with Gasteiger partial charge in [0.2, 0.25) is 5.90 Å². The molecular formula is C13H9F3N3O2. The number of hydrogen-bond donors (Lipinski definition) is 0. The molecular weight excluding hydrogens is 287 g/mol. The summed E-state index contributed by atoms with van der Waals surface area (Å²) in [6.07, 6.45) is -3.05. The number of rotatable bonds is 2. The molecule has 1 aromatic carbocycles. The van der Waals surface area contributed by atoms with Crippen molar-refractivity contribution in [1.82, 2.24) is 5.16 Å². The molecule has 0 spiro atoms. The lowest BCUT2D eigenvalue weighted by atomic mass is 10.2. The molecule has 0 saturated carbocycles. The molecule has 1 aromatic heterocycles. The summed E-state index contributed by atoms with van der Waals surface area (Å²) in [5, 5.41) is 9.10. The van der Waals surface area contributed by atoms with E-state index in [4.69, 9.17) is 9.26 Å². The maximum absolute atomic E-state index is 12.7. The average Bonchev–Trinajstić information content (AvgIpc) is 3.06. The maximum atomic E-state index is 12.7. The molecule has 3 rings (SSSR count). The van der Waals surface area contributed by atoms with Crippen molar-refractivity contribution in [2.45, 2.75) is 13.1 Å². The first-order valence-corrected chi connectivity index (χ1v) is 5.94. The summed E-state index contributed by atoms with van der Waals surface area (Å²) in [6.45, 7) is 1.71. The quantitative estimate of drug-likeness (QED) is 0.855. The zero-order valence-electron chi connectivity index (χ0n) is 10.8. The maximum Gasteiger partial charge on any atom is 0.416 e. The van der Waals surface area contributed by atoms with Crippen LogP contribution in [0, 0.1) is 13.0 Å². The fraction of sp³-hybridized carbons (Fsp3) is 0.231. The van der Waals surface area contributed by atoms with E-state index in [2.05, 4.69) is 16.3 Å². The van der Waals surface area contributed by atoms with Crippen molar-refractivity contribution in [1.29, 1.82) is 0 Å². The van der Waals surface area contributed by atoms with Crippen LogP contribution in [0.1, 0.15) is 16.8 Å². The van der Waals surface area contributed by atoms with Crippen LogP contribution in [0.5, 0.6) is 0 Å². The molecule has 0 aliphatic carbocycles. The highest BCUT2D eigenvalue weighted by Gasteiger charge is 2.31. The van der Waals surface area contributed by atoms with E-state index in [1.165, 1.54) is 17.3 Å². The van der Waals surface area contributed by atoms with E-state index in [1.807, 2.05) is 0 Å². The van der Waals surface area contributed by atoms with Crippen molar-refractivity contribution in [3.8, 4) is 0 Å². The summed E-state index contributed by atoms with van der Waals surface area (Å²) < 4.78 is 48.2. The largest absolute Gasteiger partial charge is 0.453 e. The third-order valence-electron chi connectivity index (χ3n) is 2.91. The van der Waals surface area contributed by atoms with Crippen LogP contribution in [-0.4, -0.2) is 17.8 Å². The van der Waals surface area contributed by atoms with Gasteiger partial charge in [0.25, 0.3) is 0 Å². The number of alkyl halides is 3. The smallest absolute Gasteiger partial charge is 0.416 e. The predicted octanol–water partition coefficient (Wildman–Crippen LogP) is 2.96. The first-order valence-electron chi connectivity index (χ1n) is 5.94. The highest BCUT2D eigenvalue weighted by molar-refractivity contribution is 5.96. The lowest BCUT2D eigenvalue weighted by Crippen LogP contribution is -2.14. The number of nitrogens with zero attached hydrogens (tertiary/aromatic N) is 3. The monoisotopic (exact) mass is 296 g/mol. The number of aryl methyl sites for hydroxylation is 1. The molecule has 0 saturated heterocycles. The standard InChI is InChI=1S/C13H9F3N3O2/c1-8-11(6-21-18-8)12-17-19(7-20-12)10-4-2-3-9(5-10)13(14,15)16/h2-3,5-6H,7H2,1H3. The number of ether oxygens (including phenoxy) is 1. The number of benzene rings is 1. The van der Waals surface area contributed by atoms with Gasteiger partial charge in [0, 0.05) is 6.07 Å². The minimum absolute atomic E-state index is 0.00222. The molecule has 0 bridgehead atoms. The van der Waals surface area contributed by atoms with Gasteiger partial charge >= 0.3 is 6.18 Å². The number of halogens is 3. The molecule has 1 aliphatic rings. The van der Waals surface area contributed by atoms with Crippen LogP contribution in [-0.2, 0) is 10.9 Å². The Morgan fingerprint density at radius 1 is 1.38 bits per heavy atom. The Morgan fingerprint density at radius 3 is 2.86 bits per heavy atom. The molecule has 5 nitrogen and oxygen atoms in total. The van der Waals surface area contributed by atoms with E-state index in [-0.39, 0.29) is 18.3 Å². The van der Waals surface area contributed by atoms with Crippen LogP contribution >= 0.6 is 0 Å². The Labute approximate surface area is 117 Å². The Bertz CT molecular complexity index is 694. The van der Waals surface area contributed by atoms with Gasteiger partial charge in [-0.15, -0.1) is 5.10 Å². The summed E-state index contributed by atoms with van der Waals surface area (Å²) in [5.74, 6) is 0.250. The Hall–Kier alpha value is -2.51. The SMILES string of the molecule is Cc1nocc1C1=NN(c2[c]ccc(C(F)(F)F)c2)CO1. The van der Waals surface area contributed by atoms with Crippen molar-refractivity contribution < 1.29 is 22.4 Å². The molecule has 2 aromatic rings. The number of aromatic nitrogens is 1. The van der Waals surface area contributed by atoms with Crippen molar-refractivity contribution >= 4 is 11.6 Å². The highest BCUT2D eigenvalue weighted by atomic mass is 19.4. The molecule has 0 unspecified atom stereocenters. The second kappa shape index (κ2) is 4.80. The minimum atomic E-state index is -4.41. The normalized spacial score (nSPS) is 15.0. The molecule has 1 radical (unpaired) electrons. The highest BCUT2D eigenvalue weighted by Crippen LogP contribution is 2.32. The molecule has 8 heteroatoms. The van der Waals surface area contributed by atoms with Gasteiger partial charge in [-0.1, -0.05) is 11.2 Å². The van der Waals surface area contributed by atoms with Crippen LogP contribution in [0.15, 0.2) is 34.1 Å². The summed E-state index contributed by atoms with van der Waals surface area (Å²) in [6, 6.07) is 5.83. The molecule has 0 fully saturated rings. The van der Waals surface area contributed by atoms with Gasteiger partial charge in [0.1, 0.15) is 11.8 Å². The van der Waals surface area contributed by atoms with E-state index >= 15 is 0 Å². The second-order valence-corrected chi connectivity index (χ2v) is 4.35. The van der Waals surface area contributed by atoms with Gasteiger partial charge in [-0.2, -0.15) is 13.2 Å². The van der Waals surface area contributed by atoms with E-state index in [0.29, 0.717) is 11.3 Å². The van der Waals surface area contributed by atoms with Crippen molar-refractivity contribution in [3.05, 3.63) is 47.3 Å². The van der Waals surface area contributed by atoms with E-state index in [9.17, 15) is 13.2 Å². The molecule has 2 heterocycles. The van der Waals surface area contributed by atoms with Crippen LogP contribution in [0.4, 0.5) is 18.9 Å². The lowest BCUT2D eigenvalue weighted by molar-refractivity contribution is -0.137. The molecule has 0 atom stereocenters. The Morgan fingerprint density at radius 2 is 2.19 bits per heavy atom. The van der Waals surface area contributed by atoms with Crippen molar-refractivity contribution in [2.24, 2.45) is 5.10 Å². The van der Waals surface area contributed by atoms with Gasteiger partial charge in [0.15, 0.2) is 6.73 Å². The average molecular weight is 296 g/mol. The first-order chi connectivity index (χ1) is 9.95. The van der Waals surface area contributed by atoms with Gasteiger partial charge in [-0.3, -0.25) is 0 Å². The van der Waals surface area contributed by atoms with Crippen molar-refractivity contribution in [2.75, 3.05) is 11.7 Å². The molecule has 1 aliphatic heterocycles. The van der Waals surface area contributed by atoms with E-state index < -0.39 is 11.7 Å². The van der Waals surface area contributed by atoms with Gasteiger partial charge in [-0.25, -0.2) is 5.01 Å². The summed E-state index contributed by atoms with van der Waals surface area (Å²) in [4.78, 5) is 0. The van der Waals surface area contributed by atoms with Crippen LogP contribution < -0.4 is 5.01 Å². The van der Waals surface area contributed by atoms with E-state index in [0.717, 1.165) is 12.1 Å². The lowest BCUT2D eigenvalue weighted by Gasteiger charge is -2.13. The third-order valence-corrected chi connectivity index (χ3v) is 2.91. The molecule has 0 N–H and O–H groups in total. The fourth-order valence-electron chi connectivity index (χ4n) is 1.82. The fourth-order valence-corrected chi connectivity index (χ4v) is 1.82. The van der Waals surface area contributed by atoms with Gasteiger partial charge in [-0.05, 0) is 19.1 Å². The number of hydrogen-bond acceptors (Lipinski definition) is 5. The predicted molar refractivity (Wildman–Crippen MR) is 66.5 cm³/mol. The van der Waals surface area contributed by atoms with Crippen LogP contribution in [0.25, 0.3) is 0 Å². The molecule has 0 amide bonds.